The van der Waals surface area contributed by atoms with Crippen LogP contribution in [0, 0.1) is 0 Å². The molecule has 1 fully saturated rings. The van der Waals surface area contributed by atoms with Gasteiger partial charge in [0, 0.05) is 13.2 Å². The number of benzene rings is 1. The van der Waals surface area contributed by atoms with Crippen LogP contribution in [0.2, 0.25) is 0 Å². The van der Waals surface area contributed by atoms with Crippen molar-refractivity contribution in [3.8, 4) is 11.5 Å². The Balaban J connectivity index is 1.80. The second kappa shape index (κ2) is 7.36. The van der Waals surface area contributed by atoms with E-state index in [1.165, 1.54) is 12.8 Å². The van der Waals surface area contributed by atoms with Crippen LogP contribution in [0.4, 0.5) is 0 Å². The molecular weight excluding hydrogens is 242 g/mol. The lowest BCUT2D eigenvalue weighted by atomic mass is 10.1. The van der Waals surface area contributed by atoms with E-state index in [0.29, 0.717) is 19.3 Å². The molecule has 1 aromatic carbocycles. The second-order valence-corrected chi connectivity index (χ2v) is 4.82. The van der Waals surface area contributed by atoms with E-state index in [1.54, 1.807) is 7.11 Å². The molecule has 106 valence electrons. The fourth-order valence-electron chi connectivity index (χ4n) is 2.33. The number of rotatable bonds is 7. The number of methoxy groups -OCH3 is 1. The highest BCUT2D eigenvalue weighted by molar-refractivity contribution is 5.42. The van der Waals surface area contributed by atoms with Crippen molar-refractivity contribution in [3.63, 3.8) is 0 Å². The van der Waals surface area contributed by atoms with Gasteiger partial charge in [-0.05, 0) is 43.4 Å². The lowest BCUT2D eigenvalue weighted by Gasteiger charge is -2.13. The summed E-state index contributed by atoms with van der Waals surface area (Å²) in [4.78, 5) is 0. The highest BCUT2D eigenvalue weighted by Crippen LogP contribution is 2.28. The fraction of sp³-hybridized carbons (Fsp3) is 0.600. The topological polar surface area (TPSA) is 53.7 Å². The Kier molecular flexibility index (Phi) is 5.48. The maximum Gasteiger partial charge on any atom is 0.161 e. The minimum absolute atomic E-state index is 0.431. The predicted octanol–water partition coefficient (Wildman–Crippen LogP) is 2.49. The number of ether oxygens (including phenoxy) is 3. The molecule has 1 aliphatic rings. The summed E-state index contributed by atoms with van der Waals surface area (Å²) in [5.41, 5.74) is 6.69. The smallest absolute Gasteiger partial charge is 0.161 e. The van der Waals surface area contributed by atoms with Crippen molar-refractivity contribution in [2.75, 3.05) is 20.3 Å². The second-order valence-electron chi connectivity index (χ2n) is 4.82. The molecule has 2 rings (SSSR count). The molecule has 0 aromatic heterocycles. The molecule has 0 bridgehead atoms. The molecule has 1 unspecified atom stereocenters. The van der Waals surface area contributed by atoms with Crippen molar-refractivity contribution in [2.24, 2.45) is 5.73 Å². The Hall–Kier alpha value is -1.26. The fourth-order valence-corrected chi connectivity index (χ4v) is 2.33. The molecule has 1 heterocycles. The molecule has 0 radical (unpaired) electrons. The summed E-state index contributed by atoms with van der Waals surface area (Å²) in [5.74, 6) is 1.53. The van der Waals surface area contributed by atoms with Crippen molar-refractivity contribution >= 4 is 0 Å². The highest BCUT2D eigenvalue weighted by atomic mass is 16.5. The van der Waals surface area contributed by atoms with Gasteiger partial charge in [0.2, 0.25) is 0 Å². The molecule has 1 aromatic rings. The zero-order chi connectivity index (χ0) is 13.5. The summed E-state index contributed by atoms with van der Waals surface area (Å²) < 4.78 is 16.7. The van der Waals surface area contributed by atoms with E-state index in [2.05, 4.69) is 0 Å². The van der Waals surface area contributed by atoms with Gasteiger partial charge in [-0.3, -0.25) is 0 Å². The molecule has 1 aliphatic heterocycles. The van der Waals surface area contributed by atoms with Crippen molar-refractivity contribution in [2.45, 2.75) is 38.3 Å². The molecule has 0 saturated carbocycles. The van der Waals surface area contributed by atoms with Gasteiger partial charge >= 0.3 is 0 Å². The Morgan fingerprint density at radius 1 is 1.37 bits per heavy atom. The van der Waals surface area contributed by atoms with E-state index in [9.17, 15) is 0 Å². The molecule has 1 saturated heterocycles. The van der Waals surface area contributed by atoms with E-state index >= 15 is 0 Å². The SMILES string of the molecule is COc1ccc(CN)cc1OCCCC1CCCO1. The lowest BCUT2D eigenvalue weighted by Crippen LogP contribution is -2.08. The van der Waals surface area contributed by atoms with Gasteiger partial charge in [-0.25, -0.2) is 0 Å². The molecular formula is C15H23NO3. The van der Waals surface area contributed by atoms with Crippen LogP contribution in [0.15, 0.2) is 18.2 Å². The van der Waals surface area contributed by atoms with E-state index < -0.39 is 0 Å². The maximum absolute atomic E-state index is 5.79. The van der Waals surface area contributed by atoms with Crippen LogP contribution in [-0.4, -0.2) is 26.4 Å². The van der Waals surface area contributed by atoms with Crippen LogP contribution < -0.4 is 15.2 Å². The van der Waals surface area contributed by atoms with Crippen molar-refractivity contribution in [1.82, 2.24) is 0 Å². The van der Waals surface area contributed by atoms with Crippen LogP contribution >= 0.6 is 0 Å². The van der Waals surface area contributed by atoms with Gasteiger partial charge in [-0.2, -0.15) is 0 Å². The molecule has 4 nitrogen and oxygen atoms in total. The number of nitrogens with two attached hydrogens (primary N) is 1. The third-order valence-electron chi connectivity index (χ3n) is 3.42. The van der Waals surface area contributed by atoms with Gasteiger partial charge in [-0.15, -0.1) is 0 Å². The van der Waals surface area contributed by atoms with Gasteiger partial charge < -0.3 is 19.9 Å². The minimum atomic E-state index is 0.431. The van der Waals surface area contributed by atoms with Crippen LogP contribution in [0.1, 0.15) is 31.2 Å². The molecule has 4 heteroatoms. The van der Waals surface area contributed by atoms with Gasteiger partial charge in [-0.1, -0.05) is 6.07 Å². The van der Waals surface area contributed by atoms with Crippen LogP contribution in [0.5, 0.6) is 11.5 Å². The molecule has 0 amide bonds. The molecule has 0 spiro atoms. The molecule has 19 heavy (non-hydrogen) atoms. The summed E-state index contributed by atoms with van der Waals surface area (Å²) in [5, 5.41) is 0. The number of hydrogen-bond acceptors (Lipinski definition) is 4. The molecule has 0 aliphatic carbocycles. The van der Waals surface area contributed by atoms with E-state index in [4.69, 9.17) is 19.9 Å². The van der Waals surface area contributed by atoms with E-state index in [0.717, 1.165) is 36.5 Å². The van der Waals surface area contributed by atoms with Gasteiger partial charge in [0.25, 0.3) is 0 Å². The summed E-state index contributed by atoms with van der Waals surface area (Å²) in [6, 6.07) is 5.81. The summed E-state index contributed by atoms with van der Waals surface area (Å²) >= 11 is 0. The number of hydrogen-bond donors (Lipinski definition) is 1. The van der Waals surface area contributed by atoms with Crippen molar-refractivity contribution < 1.29 is 14.2 Å². The third kappa shape index (κ3) is 4.11. The Bertz CT molecular complexity index is 389. The van der Waals surface area contributed by atoms with Crippen molar-refractivity contribution in [1.29, 1.82) is 0 Å². The van der Waals surface area contributed by atoms with Crippen LogP contribution in [0.25, 0.3) is 0 Å². The van der Waals surface area contributed by atoms with E-state index in [1.807, 2.05) is 18.2 Å². The molecule has 1 atom stereocenters. The maximum atomic E-state index is 5.79. The van der Waals surface area contributed by atoms with Crippen molar-refractivity contribution in [3.05, 3.63) is 23.8 Å². The first kappa shape index (κ1) is 14.2. The average Bonchev–Trinajstić information content (AvgIpc) is 2.96. The predicted molar refractivity (Wildman–Crippen MR) is 74.6 cm³/mol. The normalized spacial score (nSPS) is 18.5. The first-order valence-corrected chi connectivity index (χ1v) is 6.95. The third-order valence-corrected chi connectivity index (χ3v) is 3.42. The van der Waals surface area contributed by atoms with Crippen LogP contribution in [-0.2, 0) is 11.3 Å². The first-order valence-electron chi connectivity index (χ1n) is 6.95. The zero-order valence-electron chi connectivity index (χ0n) is 11.6. The largest absolute Gasteiger partial charge is 0.493 e. The first-order chi connectivity index (χ1) is 9.33. The minimum Gasteiger partial charge on any atom is -0.493 e. The van der Waals surface area contributed by atoms with E-state index in [-0.39, 0.29) is 0 Å². The Morgan fingerprint density at radius 3 is 2.95 bits per heavy atom. The Labute approximate surface area is 114 Å². The summed E-state index contributed by atoms with van der Waals surface area (Å²) in [6.07, 6.45) is 4.88. The Morgan fingerprint density at radius 2 is 2.26 bits per heavy atom. The van der Waals surface area contributed by atoms with Gasteiger partial charge in [0.15, 0.2) is 11.5 Å². The standard InChI is InChI=1S/C15H23NO3/c1-17-14-7-6-12(11-16)10-15(14)19-9-3-5-13-4-2-8-18-13/h6-7,10,13H,2-5,8-9,11,16H2,1H3. The van der Waals surface area contributed by atoms with Crippen LogP contribution in [0.3, 0.4) is 0 Å². The summed E-state index contributed by atoms with van der Waals surface area (Å²) in [7, 11) is 1.65. The average molecular weight is 265 g/mol. The molecule has 2 N–H and O–H groups in total. The lowest BCUT2D eigenvalue weighted by molar-refractivity contribution is 0.0980. The highest BCUT2D eigenvalue weighted by Gasteiger charge is 2.14. The summed E-state index contributed by atoms with van der Waals surface area (Å²) in [6.45, 7) is 2.11. The zero-order valence-corrected chi connectivity index (χ0v) is 11.6. The van der Waals surface area contributed by atoms with Gasteiger partial charge in [0.05, 0.1) is 19.8 Å². The monoisotopic (exact) mass is 265 g/mol. The quantitative estimate of drug-likeness (QED) is 0.770. The van der Waals surface area contributed by atoms with Gasteiger partial charge in [0.1, 0.15) is 0 Å².